The van der Waals surface area contributed by atoms with E-state index in [-0.39, 0.29) is 0 Å². The second-order valence-corrected chi connectivity index (χ2v) is 4.91. The Morgan fingerprint density at radius 3 is 3.00 bits per heavy atom. The van der Waals surface area contributed by atoms with Crippen LogP contribution in [0.2, 0.25) is 0 Å². The van der Waals surface area contributed by atoms with Crippen molar-refractivity contribution in [2.45, 2.75) is 31.0 Å². The van der Waals surface area contributed by atoms with E-state index in [2.05, 4.69) is 41.1 Å². The van der Waals surface area contributed by atoms with E-state index in [0.29, 0.717) is 4.83 Å². The first kappa shape index (κ1) is 8.31. The standard InChI is InChI=1S/C11H13Br/c1-8-2-3-9-4-5-11(12)7-10(9)6-8/h2-3,6,11H,4-5,7H2,1H3/t11-/m0/s1. The first-order valence-corrected chi connectivity index (χ1v) is 5.40. The van der Waals surface area contributed by atoms with E-state index >= 15 is 0 Å². The molecule has 64 valence electrons. The van der Waals surface area contributed by atoms with Crippen molar-refractivity contribution >= 4 is 15.9 Å². The van der Waals surface area contributed by atoms with Crippen molar-refractivity contribution in [2.24, 2.45) is 0 Å². The Kier molecular flexibility index (Phi) is 2.22. The van der Waals surface area contributed by atoms with Crippen LogP contribution in [0.15, 0.2) is 18.2 Å². The first-order chi connectivity index (χ1) is 5.75. The van der Waals surface area contributed by atoms with Crippen molar-refractivity contribution in [1.82, 2.24) is 0 Å². The largest absolute Gasteiger partial charge is 0.0887 e. The van der Waals surface area contributed by atoms with Gasteiger partial charge in [-0.15, -0.1) is 0 Å². The molecule has 1 aliphatic carbocycles. The van der Waals surface area contributed by atoms with Gasteiger partial charge in [-0.05, 0) is 37.3 Å². The molecule has 1 aromatic rings. The monoisotopic (exact) mass is 224 g/mol. The van der Waals surface area contributed by atoms with Crippen molar-refractivity contribution in [3.05, 3.63) is 34.9 Å². The fourth-order valence-corrected chi connectivity index (χ4v) is 2.42. The lowest BCUT2D eigenvalue weighted by Gasteiger charge is -2.20. The second kappa shape index (κ2) is 3.21. The number of fused-ring (bicyclic) bond motifs is 1. The average molecular weight is 225 g/mol. The van der Waals surface area contributed by atoms with Gasteiger partial charge in [0.25, 0.3) is 0 Å². The maximum atomic E-state index is 3.68. The molecule has 0 radical (unpaired) electrons. The molecule has 0 aromatic heterocycles. The highest BCUT2D eigenvalue weighted by atomic mass is 79.9. The van der Waals surface area contributed by atoms with Crippen molar-refractivity contribution < 1.29 is 0 Å². The van der Waals surface area contributed by atoms with Crippen molar-refractivity contribution in [3.63, 3.8) is 0 Å². The smallest absolute Gasteiger partial charge is 0.0189 e. The minimum atomic E-state index is 0.701. The quantitative estimate of drug-likeness (QED) is 0.594. The summed E-state index contributed by atoms with van der Waals surface area (Å²) in [5.74, 6) is 0. The van der Waals surface area contributed by atoms with Crippen molar-refractivity contribution in [1.29, 1.82) is 0 Å². The maximum Gasteiger partial charge on any atom is 0.0189 e. The SMILES string of the molecule is Cc1ccc2c(c1)C[C@@H](Br)CC2. The highest BCUT2D eigenvalue weighted by Crippen LogP contribution is 2.26. The summed E-state index contributed by atoms with van der Waals surface area (Å²) >= 11 is 3.68. The van der Waals surface area contributed by atoms with E-state index in [4.69, 9.17) is 0 Å². The van der Waals surface area contributed by atoms with E-state index < -0.39 is 0 Å². The molecule has 1 aromatic carbocycles. The van der Waals surface area contributed by atoms with Crippen LogP contribution in [0.3, 0.4) is 0 Å². The van der Waals surface area contributed by atoms with E-state index in [1.807, 2.05) is 0 Å². The zero-order chi connectivity index (χ0) is 8.55. The Labute approximate surface area is 82.1 Å². The number of hydrogen-bond donors (Lipinski definition) is 0. The van der Waals surface area contributed by atoms with Gasteiger partial charge < -0.3 is 0 Å². The molecule has 1 aliphatic rings. The molecular formula is C11H13Br. The number of rotatable bonds is 0. The third-order valence-corrected chi connectivity index (χ3v) is 3.31. The molecule has 0 amide bonds. The van der Waals surface area contributed by atoms with Crippen molar-refractivity contribution in [2.75, 3.05) is 0 Å². The average Bonchev–Trinajstić information content (AvgIpc) is 2.03. The molecule has 12 heavy (non-hydrogen) atoms. The Bertz CT molecular complexity index is 291. The van der Waals surface area contributed by atoms with E-state index in [1.165, 1.54) is 24.8 Å². The molecule has 1 atom stereocenters. The molecule has 0 aliphatic heterocycles. The highest BCUT2D eigenvalue weighted by Gasteiger charge is 2.15. The molecule has 2 rings (SSSR count). The number of aryl methyl sites for hydroxylation is 2. The summed E-state index contributed by atoms with van der Waals surface area (Å²) in [6.45, 7) is 2.16. The molecule has 0 fully saturated rings. The minimum Gasteiger partial charge on any atom is -0.0887 e. The predicted molar refractivity (Wildman–Crippen MR) is 55.9 cm³/mol. The fraction of sp³-hybridized carbons (Fsp3) is 0.455. The third kappa shape index (κ3) is 1.56. The summed E-state index contributed by atoms with van der Waals surface area (Å²) in [5, 5.41) is 0. The van der Waals surface area contributed by atoms with Crippen LogP contribution < -0.4 is 0 Å². The Balaban J connectivity index is 2.37. The van der Waals surface area contributed by atoms with Gasteiger partial charge in [0.05, 0.1) is 0 Å². The molecule has 0 bridgehead atoms. The predicted octanol–water partition coefficient (Wildman–Crippen LogP) is 3.25. The normalized spacial score (nSPS) is 22.0. The summed E-state index contributed by atoms with van der Waals surface area (Å²) < 4.78 is 0. The van der Waals surface area contributed by atoms with Crippen LogP contribution in [-0.2, 0) is 12.8 Å². The van der Waals surface area contributed by atoms with Crippen LogP contribution in [0.25, 0.3) is 0 Å². The van der Waals surface area contributed by atoms with Crippen LogP contribution in [0.5, 0.6) is 0 Å². The number of hydrogen-bond acceptors (Lipinski definition) is 0. The summed E-state index contributed by atoms with van der Waals surface area (Å²) in [7, 11) is 0. The molecule has 0 N–H and O–H groups in total. The zero-order valence-corrected chi connectivity index (χ0v) is 8.89. The molecule has 1 heteroatoms. The number of benzene rings is 1. The number of alkyl halides is 1. The lowest BCUT2D eigenvalue weighted by Crippen LogP contribution is -2.13. The zero-order valence-electron chi connectivity index (χ0n) is 7.31. The lowest BCUT2D eigenvalue weighted by atomic mass is 9.90. The second-order valence-electron chi connectivity index (χ2n) is 3.61. The van der Waals surface area contributed by atoms with Crippen molar-refractivity contribution in [3.8, 4) is 0 Å². The summed E-state index contributed by atoms with van der Waals surface area (Å²) in [4.78, 5) is 0.701. The van der Waals surface area contributed by atoms with E-state index in [0.717, 1.165) is 0 Å². The van der Waals surface area contributed by atoms with Gasteiger partial charge in [0.2, 0.25) is 0 Å². The fourth-order valence-electron chi connectivity index (χ4n) is 1.84. The molecule has 0 nitrogen and oxygen atoms in total. The van der Waals surface area contributed by atoms with Crippen LogP contribution in [0, 0.1) is 6.92 Å². The van der Waals surface area contributed by atoms with Gasteiger partial charge in [0.1, 0.15) is 0 Å². The summed E-state index contributed by atoms with van der Waals surface area (Å²) in [5.41, 5.74) is 4.48. The molecule has 0 spiro atoms. The first-order valence-electron chi connectivity index (χ1n) is 4.48. The number of halogens is 1. The van der Waals surface area contributed by atoms with Crippen LogP contribution in [0.1, 0.15) is 23.1 Å². The summed E-state index contributed by atoms with van der Waals surface area (Å²) in [6.07, 6.45) is 3.73. The highest BCUT2D eigenvalue weighted by molar-refractivity contribution is 9.09. The topological polar surface area (TPSA) is 0 Å². The maximum absolute atomic E-state index is 3.68. The van der Waals surface area contributed by atoms with Gasteiger partial charge in [-0.1, -0.05) is 39.7 Å². The van der Waals surface area contributed by atoms with E-state index in [9.17, 15) is 0 Å². The van der Waals surface area contributed by atoms with Gasteiger partial charge in [0.15, 0.2) is 0 Å². The van der Waals surface area contributed by atoms with Gasteiger partial charge in [-0.3, -0.25) is 0 Å². The molecule has 0 unspecified atom stereocenters. The summed E-state index contributed by atoms with van der Waals surface area (Å²) in [6, 6.07) is 6.82. The third-order valence-electron chi connectivity index (χ3n) is 2.53. The molecule has 0 heterocycles. The van der Waals surface area contributed by atoms with Crippen LogP contribution in [-0.4, -0.2) is 4.83 Å². The molecule has 0 saturated heterocycles. The van der Waals surface area contributed by atoms with Crippen LogP contribution >= 0.6 is 15.9 Å². The van der Waals surface area contributed by atoms with E-state index in [1.54, 1.807) is 11.1 Å². The van der Waals surface area contributed by atoms with Gasteiger partial charge in [0, 0.05) is 4.83 Å². The van der Waals surface area contributed by atoms with Gasteiger partial charge in [-0.25, -0.2) is 0 Å². The Hall–Kier alpha value is -0.300. The minimum absolute atomic E-state index is 0.701. The molecule has 0 saturated carbocycles. The lowest BCUT2D eigenvalue weighted by molar-refractivity contribution is 0.711. The molecular weight excluding hydrogens is 212 g/mol. The Morgan fingerprint density at radius 1 is 1.33 bits per heavy atom. The van der Waals surface area contributed by atoms with Gasteiger partial charge >= 0.3 is 0 Å². The van der Waals surface area contributed by atoms with Gasteiger partial charge in [-0.2, -0.15) is 0 Å². The Morgan fingerprint density at radius 2 is 2.17 bits per heavy atom. The van der Waals surface area contributed by atoms with Crippen LogP contribution in [0.4, 0.5) is 0 Å².